The van der Waals surface area contributed by atoms with E-state index in [2.05, 4.69) is 51.4 Å². The third kappa shape index (κ3) is 6.04. The number of rotatable bonds is 7. The summed E-state index contributed by atoms with van der Waals surface area (Å²) in [4.78, 5) is 13.1. The van der Waals surface area contributed by atoms with Gasteiger partial charge in [0.2, 0.25) is 0 Å². The van der Waals surface area contributed by atoms with Crippen LogP contribution >= 0.6 is 0 Å². The van der Waals surface area contributed by atoms with Crippen LogP contribution in [0.2, 0.25) is 0 Å². The van der Waals surface area contributed by atoms with Crippen LogP contribution in [0.5, 0.6) is 0 Å². The van der Waals surface area contributed by atoms with Crippen molar-refractivity contribution in [2.75, 3.05) is 11.9 Å². The Labute approximate surface area is 223 Å². The zero-order chi connectivity index (χ0) is 26.7. The number of nitrogens with one attached hydrogen (secondary N) is 3. The number of fused-ring (bicyclic) bond motifs is 1. The first-order valence-electron chi connectivity index (χ1n) is 13.8. The first kappa shape index (κ1) is 26.3. The molecule has 0 spiro atoms. The average Bonchev–Trinajstić information content (AvgIpc) is 3.34. The number of halogens is 1. The summed E-state index contributed by atoms with van der Waals surface area (Å²) < 4.78 is 15.3. The maximum absolute atomic E-state index is 13.6. The molecule has 0 radical (unpaired) electrons. The van der Waals surface area contributed by atoms with Gasteiger partial charge in [-0.05, 0) is 109 Å². The number of carbonyl (C=O) groups is 1. The third-order valence-corrected chi connectivity index (χ3v) is 8.25. The van der Waals surface area contributed by atoms with E-state index in [-0.39, 0.29) is 23.4 Å². The summed E-state index contributed by atoms with van der Waals surface area (Å²) in [5.74, 6) is 0.868. The molecule has 0 aliphatic heterocycles. The Morgan fingerprint density at radius 1 is 1.16 bits per heavy atom. The van der Waals surface area contributed by atoms with Gasteiger partial charge < -0.3 is 16.0 Å². The lowest BCUT2D eigenvalue weighted by atomic mass is 9.78. The van der Waals surface area contributed by atoms with Crippen molar-refractivity contribution in [3.8, 4) is 11.4 Å². The Morgan fingerprint density at radius 2 is 2.00 bits per heavy atom. The number of amides is 2. The van der Waals surface area contributed by atoms with Crippen molar-refractivity contribution in [3.05, 3.63) is 58.9 Å². The normalized spacial score (nSPS) is 23.1. The fraction of sp³-hybridized carbons (Fsp3) is 0.517. The Morgan fingerprint density at radius 3 is 2.79 bits per heavy atom. The molecule has 2 aliphatic rings. The molecule has 2 aliphatic carbocycles. The van der Waals surface area contributed by atoms with Crippen LogP contribution in [-0.4, -0.2) is 44.4 Å². The van der Waals surface area contributed by atoms with Crippen molar-refractivity contribution in [2.24, 2.45) is 13.0 Å². The second kappa shape index (κ2) is 11.2. The second-order valence-corrected chi connectivity index (χ2v) is 11.2. The van der Waals surface area contributed by atoms with Crippen LogP contribution < -0.4 is 16.0 Å². The zero-order valence-corrected chi connectivity index (χ0v) is 22.6. The molecular weight excluding hydrogens is 481 g/mol. The highest BCUT2D eigenvalue weighted by Crippen LogP contribution is 2.31. The number of tetrazole rings is 1. The maximum atomic E-state index is 13.6. The van der Waals surface area contributed by atoms with E-state index in [9.17, 15) is 9.18 Å². The highest BCUT2D eigenvalue weighted by Gasteiger charge is 2.33. The number of hydrogen-bond acceptors (Lipinski definition) is 5. The Balaban J connectivity index is 1.21. The highest BCUT2D eigenvalue weighted by atomic mass is 19.1. The molecule has 3 aromatic rings. The van der Waals surface area contributed by atoms with Crippen molar-refractivity contribution in [2.45, 2.75) is 76.8 Å². The summed E-state index contributed by atoms with van der Waals surface area (Å²) >= 11 is 0. The van der Waals surface area contributed by atoms with Crippen molar-refractivity contribution < 1.29 is 9.18 Å². The SMILES string of the molecule is CCc1cc(NC(=O)N[C@@H]2CCCC[C@H]2CNC2(C)CCc3cc(F)ccc3C2)cc(-c2nnnn2C)c1. The van der Waals surface area contributed by atoms with E-state index in [1.54, 1.807) is 23.9 Å². The Hall–Kier alpha value is -3.33. The van der Waals surface area contributed by atoms with E-state index in [0.717, 1.165) is 73.9 Å². The lowest BCUT2D eigenvalue weighted by Gasteiger charge is -2.39. The van der Waals surface area contributed by atoms with E-state index in [4.69, 9.17) is 0 Å². The van der Waals surface area contributed by atoms with Crippen LogP contribution in [0.15, 0.2) is 36.4 Å². The number of benzene rings is 2. The Kier molecular flexibility index (Phi) is 7.74. The number of carbonyl (C=O) groups excluding carboxylic acids is 1. The topological polar surface area (TPSA) is 96.8 Å². The molecule has 9 heteroatoms. The van der Waals surface area contributed by atoms with Crippen LogP contribution in [0, 0.1) is 11.7 Å². The average molecular weight is 520 g/mol. The molecule has 8 nitrogen and oxygen atoms in total. The van der Waals surface area contributed by atoms with Crippen molar-refractivity contribution in [1.82, 2.24) is 30.8 Å². The summed E-state index contributed by atoms with van der Waals surface area (Å²) in [6.07, 6.45) is 7.95. The molecular formula is C29H38FN7O. The van der Waals surface area contributed by atoms with E-state index in [0.29, 0.717) is 11.7 Å². The van der Waals surface area contributed by atoms with Gasteiger partial charge in [0.05, 0.1) is 0 Å². The fourth-order valence-corrected chi connectivity index (χ4v) is 6.00. The summed E-state index contributed by atoms with van der Waals surface area (Å²) in [5.41, 5.74) is 5.04. The first-order valence-corrected chi connectivity index (χ1v) is 13.8. The second-order valence-electron chi connectivity index (χ2n) is 11.2. The first-order chi connectivity index (χ1) is 18.3. The standard InChI is InChI=1S/C29H38FN7O/c1-4-19-13-23(27-34-35-36-37(27)3)16-25(14-19)32-28(38)33-26-8-6-5-7-22(26)18-31-29(2)12-11-20-15-24(30)10-9-21(20)17-29/h9-10,13-16,22,26,31H,4-8,11-12,17-18H2,1-3H3,(H2,32,33,38)/t22-,26+,29?/m0/s1. The van der Waals surface area contributed by atoms with Gasteiger partial charge in [0, 0.05) is 36.4 Å². The molecule has 38 heavy (non-hydrogen) atoms. The molecule has 1 aromatic heterocycles. The highest BCUT2D eigenvalue weighted by molar-refractivity contribution is 5.90. The molecule has 1 fully saturated rings. The van der Waals surface area contributed by atoms with Gasteiger partial charge in [-0.1, -0.05) is 25.8 Å². The molecule has 2 amide bonds. The fourth-order valence-electron chi connectivity index (χ4n) is 6.00. The third-order valence-electron chi connectivity index (χ3n) is 8.25. The molecule has 1 unspecified atom stereocenters. The molecule has 3 atom stereocenters. The molecule has 5 rings (SSSR count). The Bertz CT molecular complexity index is 1290. The minimum Gasteiger partial charge on any atom is -0.335 e. The number of hydrogen-bond donors (Lipinski definition) is 3. The lowest BCUT2D eigenvalue weighted by molar-refractivity contribution is 0.210. The number of anilines is 1. The molecule has 202 valence electrons. The van der Waals surface area contributed by atoms with Gasteiger partial charge in [0.25, 0.3) is 0 Å². The molecule has 0 saturated heterocycles. The number of aromatic nitrogens is 4. The van der Waals surface area contributed by atoms with E-state index >= 15 is 0 Å². The zero-order valence-electron chi connectivity index (χ0n) is 22.6. The molecule has 1 heterocycles. The van der Waals surface area contributed by atoms with Crippen LogP contribution in [0.1, 0.15) is 62.6 Å². The number of aryl methyl sites for hydroxylation is 3. The van der Waals surface area contributed by atoms with Gasteiger partial charge in [-0.25, -0.2) is 13.9 Å². The predicted octanol–water partition coefficient (Wildman–Crippen LogP) is 4.80. The van der Waals surface area contributed by atoms with Gasteiger partial charge in [-0.3, -0.25) is 0 Å². The van der Waals surface area contributed by atoms with E-state index < -0.39 is 0 Å². The summed E-state index contributed by atoms with van der Waals surface area (Å²) in [5, 5.41) is 21.9. The molecule has 0 bridgehead atoms. The van der Waals surface area contributed by atoms with Gasteiger partial charge in [-0.15, -0.1) is 5.10 Å². The summed E-state index contributed by atoms with van der Waals surface area (Å²) in [6.45, 7) is 5.20. The maximum Gasteiger partial charge on any atom is 0.319 e. The van der Waals surface area contributed by atoms with Gasteiger partial charge in [0.15, 0.2) is 5.82 Å². The van der Waals surface area contributed by atoms with Gasteiger partial charge in [-0.2, -0.15) is 0 Å². The van der Waals surface area contributed by atoms with Crippen molar-refractivity contribution in [3.63, 3.8) is 0 Å². The number of nitrogens with zero attached hydrogens (tertiary/aromatic N) is 4. The van der Waals surface area contributed by atoms with E-state index in [1.165, 1.54) is 12.0 Å². The molecule has 3 N–H and O–H groups in total. The minimum atomic E-state index is -0.183. The van der Waals surface area contributed by atoms with Crippen molar-refractivity contribution >= 4 is 11.7 Å². The van der Waals surface area contributed by atoms with Crippen LogP contribution in [0.3, 0.4) is 0 Å². The van der Waals surface area contributed by atoms with Gasteiger partial charge in [0.1, 0.15) is 5.82 Å². The largest absolute Gasteiger partial charge is 0.335 e. The van der Waals surface area contributed by atoms with Crippen LogP contribution in [0.25, 0.3) is 11.4 Å². The lowest BCUT2D eigenvalue weighted by Crippen LogP contribution is -2.53. The monoisotopic (exact) mass is 519 g/mol. The number of urea groups is 1. The molecule has 1 saturated carbocycles. The van der Waals surface area contributed by atoms with Gasteiger partial charge >= 0.3 is 6.03 Å². The molecule has 2 aromatic carbocycles. The quantitative estimate of drug-likeness (QED) is 0.417. The van der Waals surface area contributed by atoms with Crippen LogP contribution in [-0.2, 0) is 26.3 Å². The summed E-state index contributed by atoms with van der Waals surface area (Å²) in [6, 6.07) is 11.1. The van der Waals surface area contributed by atoms with Crippen molar-refractivity contribution in [1.29, 1.82) is 0 Å². The summed E-state index contributed by atoms with van der Waals surface area (Å²) in [7, 11) is 1.80. The van der Waals surface area contributed by atoms with E-state index in [1.807, 2.05) is 18.2 Å². The van der Waals surface area contributed by atoms with Crippen LogP contribution in [0.4, 0.5) is 14.9 Å². The minimum absolute atomic E-state index is 0.0270. The predicted molar refractivity (Wildman–Crippen MR) is 146 cm³/mol. The smallest absolute Gasteiger partial charge is 0.319 e.